The molecule has 7 heteroatoms. The number of benzene rings is 1. The number of halogens is 4. The van der Waals surface area contributed by atoms with E-state index in [2.05, 4.69) is 31.2 Å². The zero-order valence-electron chi connectivity index (χ0n) is 9.14. The van der Waals surface area contributed by atoms with Gasteiger partial charge in [-0.25, -0.2) is 18.7 Å². The molecule has 1 aromatic heterocycles. The molecule has 0 fully saturated rings. The van der Waals surface area contributed by atoms with Crippen molar-refractivity contribution in [1.82, 2.24) is 9.97 Å². The summed E-state index contributed by atoms with van der Waals surface area (Å²) in [4.78, 5) is 7.57. The van der Waals surface area contributed by atoms with Crippen molar-refractivity contribution in [3.8, 4) is 11.3 Å². The van der Waals surface area contributed by atoms with Gasteiger partial charge < -0.3 is 5.32 Å². The molecule has 0 radical (unpaired) electrons. The average molecular weight is 335 g/mol. The van der Waals surface area contributed by atoms with Gasteiger partial charge in [-0.05, 0) is 28.1 Å². The van der Waals surface area contributed by atoms with Crippen LogP contribution in [0.3, 0.4) is 0 Å². The monoisotopic (exact) mass is 333 g/mol. The maximum atomic E-state index is 14.0. The number of hydrogen-bond donors (Lipinski definition) is 1. The molecule has 0 spiro atoms. The van der Waals surface area contributed by atoms with Crippen LogP contribution in [0.1, 0.15) is 0 Å². The summed E-state index contributed by atoms with van der Waals surface area (Å²) in [5, 5.41) is 2.54. The molecular weight excluding hydrogens is 327 g/mol. The van der Waals surface area contributed by atoms with Crippen molar-refractivity contribution < 1.29 is 8.78 Å². The Morgan fingerprint density at radius 3 is 2.72 bits per heavy atom. The fourth-order valence-electron chi connectivity index (χ4n) is 1.39. The van der Waals surface area contributed by atoms with Gasteiger partial charge in [0.15, 0.2) is 11.6 Å². The van der Waals surface area contributed by atoms with Crippen molar-refractivity contribution in [2.24, 2.45) is 0 Å². The van der Waals surface area contributed by atoms with Crippen molar-refractivity contribution in [2.45, 2.75) is 0 Å². The van der Waals surface area contributed by atoms with Crippen molar-refractivity contribution in [3.05, 3.63) is 39.5 Å². The van der Waals surface area contributed by atoms with Crippen molar-refractivity contribution in [1.29, 1.82) is 0 Å². The van der Waals surface area contributed by atoms with Crippen LogP contribution in [0.25, 0.3) is 11.3 Å². The van der Waals surface area contributed by atoms with Crippen LogP contribution >= 0.6 is 27.5 Å². The smallest absolute Gasteiger partial charge is 0.223 e. The fourth-order valence-corrected chi connectivity index (χ4v) is 1.86. The molecule has 94 valence electrons. The van der Waals surface area contributed by atoms with E-state index in [9.17, 15) is 8.78 Å². The highest BCUT2D eigenvalue weighted by Crippen LogP contribution is 2.33. The maximum absolute atomic E-state index is 14.0. The lowest BCUT2D eigenvalue weighted by Gasteiger charge is -2.07. The van der Waals surface area contributed by atoms with Crippen LogP contribution in [0, 0.1) is 11.6 Å². The third-order valence-corrected chi connectivity index (χ3v) is 3.52. The molecule has 0 aliphatic heterocycles. The van der Waals surface area contributed by atoms with Crippen LogP contribution in [0.5, 0.6) is 0 Å². The molecule has 3 nitrogen and oxygen atoms in total. The summed E-state index contributed by atoms with van der Waals surface area (Å²) in [6.45, 7) is 0. The number of hydrogen-bond acceptors (Lipinski definition) is 3. The summed E-state index contributed by atoms with van der Waals surface area (Å²) < 4.78 is 28.0. The van der Waals surface area contributed by atoms with Gasteiger partial charge in [0.2, 0.25) is 5.95 Å². The number of rotatable bonds is 2. The highest BCUT2D eigenvalue weighted by atomic mass is 79.9. The molecule has 0 saturated heterocycles. The van der Waals surface area contributed by atoms with E-state index >= 15 is 0 Å². The third-order valence-electron chi connectivity index (χ3n) is 2.26. The van der Waals surface area contributed by atoms with Gasteiger partial charge in [-0.2, -0.15) is 0 Å². The lowest BCUT2D eigenvalue weighted by Crippen LogP contribution is -2.01. The van der Waals surface area contributed by atoms with E-state index in [1.165, 1.54) is 12.1 Å². The van der Waals surface area contributed by atoms with Gasteiger partial charge >= 0.3 is 0 Å². The standard InChI is InChI=1S/C11H7BrClF2N3/c1-16-11-17-4-7(14)10(18-11)5-2-3-6(12)8(13)9(5)15/h2-4H,1H3,(H,16,17,18). The van der Waals surface area contributed by atoms with Crippen molar-refractivity contribution >= 4 is 33.5 Å². The predicted molar refractivity (Wildman–Crippen MR) is 69.6 cm³/mol. The van der Waals surface area contributed by atoms with Crippen LogP contribution in [0.15, 0.2) is 22.8 Å². The second-order valence-electron chi connectivity index (χ2n) is 3.36. The molecule has 1 N–H and O–H groups in total. The van der Waals surface area contributed by atoms with Gasteiger partial charge in [-0.1, -0.05) is 11.6 Å². The molecule has 0 bridgehead atoms. The van der Waals surface area contributed by atoms with Crippen molar-refractivity contribution in [2.75, 3.05) is 12.4 Å². The predicted octanol–water partition coefficient (Wildman–Crippen LogP) is 3.88. The molecule has 2 aromatic rings. The van der Waals surface area contributed by atoms with Crippen LogP contribution in [0.2, 0.25) is 5.02 Å². The van der Waals surface area contributed by atoms with E-state index in [1.807, 2.05) is 0 Å². The molecule has 0 aliphatic rings. The number of aromatic nitrogens is 2. The molecule has 0 saturated carbocycles. The normalized spacial score (nSPS) is 10.5. The van der Waals surface area contributed by atoms with Crippen LogP contribution in [0.4, 0.5) is 14.7 Å². The maximum Gasteiger partial charge on any atom is 0.223 e. The molecule has 2 rings (SSSR count). The molecular formula is C11H7BrClF2N3. The molecule has 0 unspecified atom stereocenters. The average Bonchev–Trinajstić information content (AvgIpc) is 2.37. The molecule has 1 aromatic carbocycles. The Labute approximate surface area is 115 Å². The van der Waals surface area contributed by atoms with E-state index < -0.39 is 11.6 Å². The van der Waals surface area contributed by atoms with E-state index in [1.54, 1.807) is 7.05 Å². The summed E-state index contributed by atoms with van der Waals surface area (Å²) in [6.07, 6.45) is 0.976. The Balaban J connectivity index is 2.65. The first-order chi connectivity index (χ1) is 8.54. The zero-order chi connectivity index (χ0) is 13.3. The fraction of sp³-hybridized carbons (Fsp3) is 0.0909. The lowest BCUT2D eigenvalue weighted by atomic mass is 10.1. The molecule has 18 heavy (non-hydrogen) atoms. The first-order valence-electron chi connectivity index (χ1n) is 4.88. The number of nitrogens with zero attached hydrogens (tertiary/aromatic N) is 2. The highest BCUT2D eigenvalue weighted by Gasteiger charge is 2.17. The van der Waals surface area contributed by atoms with Gasteiger partial charge in [0, 0.05) is 17.1 Å². The first kappa shape index (κ1) is 13.2. The molecule has 0 atom stereocenters. The van der Waals surface area contributed by atoms with Crippen LogP contribution in [-0.2, 0) is 0 Å². The van der Waals surface area contributed by atoms with E-state index in [4.69, 9.17) is 11.6 Å². The second kappa shape index (κ2) is 5.16. The summed E-state index contributed by atoms with van der Waals surface area (Å²) >= 11 is 8.84. The van der Waals surface area contributed by atoms with E-state index in [0.29, 0.717) is 4.47 Å². The van der Waals surface area contributed by atoms with Gasteiger partial charge in [-0.3, -0.25) is 0 Å². The summed E-state index contributed by atoms with van der Waals surface area (Å²) in [5.41, 5.74) is -0.152. The Bertz CT molecular complexity index is 607. The minimum absolute atomic E-state index is 0.0143. The van der Waals surface area contributed by atoms with Crippen LogP contribution in [-0.4, -0.2) is 17.0 Å². The van der Waals surface area contributed by atoms with E-state index in [-0.39, 0.29) is 22.2 Å². The molecule has 1 heterocycles. The van der Waals surface area contributed by atoms with Crippen LogP contribution < -0.4 is 5.32 Å². The summed E-state index contributed by atoms with van der Waals surface area (Å²) in [6, 6.07) is 2.93. The topological polar surface area (TPSA) is 37.8 Å². The highest BCUT2D eigenvalue weighted by molar-refractivity contribution is 9.10. The first-order valence-corrected chi connectivity index (χ1v) is 6.06. The largest absolute Gasteiger partial charge is 0.357 e. The number of nitrogens with one attached hydrogen (secondary N) is 1. The van der Waals surface area contributed by atoms with Gasteiger partial charge in [0.1, 0.15) is 5.69 Å². The zero-order valence-corrected chi connectivity index (χ0v) is 11.5. The Morgan fingerprint density at radius 1 is 1.33 bits per heavy atom. The van der Waals surface area contributed by atoms with Gasteiger partial charge in [0.25, 0.3) is 0 Å². The summed E-state index contributed by atoms with van der Waals surface area (Å²) in [7, 11) is 1.59. The quantitative estimate of drug-likeness (QED) is 0.847. The number of anilines is 1. The molecule has 0 amide bonds. The summed E-state index contributed by atoms with van der Waals surface area (Å²) in [5.74, 6) is -1.25. The van der Waals surface area contributed by atoms with Gasteiger partial charge in [-0.15, -0.1) is 0 Å². The van der Waals surface area contributed by atoms with Crippen molar-refractivity contribution in [3.63, 3.8) is 0 Å². The second-order valence-corrected chi connectivity index (χ2v) is 4.60. The SMILES string of the molecule is CNc1ncc(F)c(-c2ccc(Br)c(Cl)c2F)n1. The Morgan fingerprint density at radius 2 is 2.06 bits per heavy atom. The minimum Gasteiger partial charge on any atom is -0.357 e. The Kier molecular flexibility index (Phi) is 3.77. The minimum atomic E-state index is -0.731. The third kappa shape index (κ3) is 2.30. The Hall–Kier alpha value is -1.27. The van der Waals surface area contributed by atoms with E-state index in [0.717, 1.165) is 6.20 Å². The van der Waals surface area contributed by atoms with Gasteiger partial charge in [0.05, 0.1) is 11.2 Å². The molecule has 0 aliphatic carbocycles. The lowest BCUT2D eigenvalue weighted by molar-refractivity contribution is 0.607.